The number of nitrogens with zero attached hydrogens (tertiary/aromatic N) is 2. The minimum Gasteiger partial charge on any atom is -0.338 e. The summed E-state index contributed by atoms with van der Waals surface area (Å²) in [7, 11) is -1.29. The van der Waals surface area contributed by atoms with Gasteiger partial charge in [-0.2, -0.15) is 4.98 Å². The van der Waals surface area contributed by atoms with Crippen LogP contribution in [0.3, 0.4) is 0 Å². The standard InChI is InChI=1S/C11H11FN2O2S/c1-2-10-13-11(16-14-10)7-17(15)9-5-3-8(12)4-6-9/h3-6H,2,7H2,1H3. The van der Waals surface area contributed by atoms with Crippen LogP contribution >= 0.6 is 0 Å². The lowest BCUT2D eigenvalue weighted by Crippen LogP contribution is -1.97. The highest BCUT2D eigenvalue weighted by atomic mass is 32.2. The molecule has 0 saturated heterocycles. The topological polar surface area (TPSA) is 56.0 Å². The van der Waals surface area contributed by atoms with Crippen molar-refractivity contribution in [3.8, 4) is 0 Å². The van der Waals surface area contributed by atoms with Crippen LogP contribution in [0.1, 0.15) is 18.6 Å². The van der Waals surface area contributed by atoms with Gasteiger partial charge in [0.05, 0.1) is 10.8 Å². The van der Waals surface area contributed by atoms with Gasteiger partial charge in [0, 0.05) is 11.3 Å². The molecule has 1 unspecified atom stereocenters. The first kappa shape index (κ1) is 11.9. The zero-order chi connectivity index (χ0) is 12.3. The van der Waals surface area contributed by atoms with Gasteiger partial charge in [0.1, 0.15) is 11.6 Å². The van der Waals surface area contributed by atoms with Gasteiger partial charge in [-0.3, -0.25) is 4.21 Å². The molecule has 0 spiro atoms. The highest BCUT2D eigenvalue weighted by Gasteiger charge is 2.11. The number of rotatable bonds is 4. The molecule has 4 nitrogen and oxygen atoms in total. The fraction of sp³-hybridized carbons (Fsp3) is 0.273. The van der Waals surface area contributed by atoms with Gasteiger partial charge >= 0.3 is 0 Å². The average molecular weight is 254 g/mol. The highest BCUT2D eigenvalue weighted by molar-refractivity contribution is 7.84. The molecule has 1 aromatic carbocycles. The first-order valence-corrected chi connectivity index (χ1v) is 6.46. The molecule has 1 aromatic heterocycles. The molecule has 0 radical (unpaired) electrons. The minimum absolute atomic E-state index is 0.151. The fourth-order valence-corrected chi connectivity index (χ4v) is 2.22. The number of hydrogen-bond donors (Lipinski definition) is 0. The van der Waals surface area contributed by atoms with Crippen LogP contribution < -0.4 is 0 Å². The summed E-state index contributed by atoms with van der Waals surface area (Å²) in [5.74, 6) is 0.732. The molecular formula is C11H11FN2O2S. The zero-order valence-corrected chi connectivity index (χ0v) is 10.0. The van der Waals surface area contributed by atoms with Crippen LogP contribution in [0.5, 0.6) is 0 Å². The highest BCUT2D eigenvalue weighted by Crippen LogP contribution is 2.12. The van der Waals surface area contributed by atoms with Crippen LogP contribution in [0.2, 0.25) is 0 Å². The van der Waals surface area contributed by atoms with Crippen LogP contribution in [0.4, 0.5) is 4.39 Å². The Morgan fingerprint density at radius 2 is 2.06 bits per heavy atom. The molecule has 6 heteroatoms. The number of aromatic nitrogens is 2. The molecule has 0 aliphatic heterocycles. The lowest BCUT2D eigenvalue weighted by Gasteiger charge is -1.98. The minimum atomic E-state index is -1.29. The van der Waals surface area contributed by atoms with E-state index in [-0.39, 0.29) is 11.6 Å². The normalized spacial score (nSPS) is 12.6. The molecule has 2 aromatic rings. The van der Waals surface area contributed by atoms with Gasteiger partial charge in [-0.15, -0.1) is 0 Å². The van der Waals surface area contributed by atoms with E-state index in [2.05, 4.69) is 10.1 Å². The monoisotopic (exact) mass is 254 g/mol. The first-order valence-electron chi connectivity index (χ1n) is 5.14. The molecule has 2 rings (SSSR count). The van der Waals surface area contributed by atoms with E-state index >= 15 is 0 Å². The third kappa shape index (κ3) is 2.97. The van der Waals surface area contributed by atoms with E-state index in [0.717, 1.165) is 0 Å². The number of aryl methyl sites for hydroxylation is 1. The number of hydrogen-bond acceptors (Lipinski definition) is 4. The summed E-state index contributed by atoms with van der Waals surface area (Å²) < 4.78 is 29.5. The Morgan fingerprint density at radius 3 is 2.65 bits per heavy atom. The Morgan fingerprint density at radius 1 is 1.35 bits per heavy atom. The smallest absolute Gasteiger partial charge is 0.239 e. The maximum absolute atomic E-state index is 12.7. The Kier molecular flexibility index (Phi) is 3.63. The summed E-state index contributed by atoms with van der Waals surface area (Å²) in [6, 6.07) is 5.53. The lowest BCUT2D eigenvalue weighted by atomic mass is 10.4. The van der Waals surface area contributed by atoms with Crippen molar-refractivity contribution >= 4 is 10.8 Å². The maximum atomic E-state index is 12.7. The van der Waals surface area contributed by atoms with Gasteiger partial charge in [0.15, 0.2) is 5.82 Å². The third-order valence-corrected chi connectivity index (χ3v) is 3.46. The Hall–Kier alpha value is -1.56. The Balaban J connectivity index is 2.08. The molecule has 0 bridgehead atoms. The van der Waals surface area contributed by atoms with Crippen molar-refractivity contribution in [3.05, 3.63) is 41.8 Å². The molecule has 90 valence electrons. The lowest BCUT2D eigenvalue weighted by molar-refractivity contribution is 0.384. The molecule has 1 atom stereocenters. The van der Waals surface area contributed by atoms with Crippen molar-refractivity contribution in [1.82, 2.24) is 10.1 Å². The van der Waals surface area contributed by atoms with Gasteiger partial charge in [0.25, 0.3) is 0 Å². The predicted molar refractivity (Wildman–Crippen MR) is 60.2 cm³/mol. The first-order chi connectivity index (χ1) is 8.19. The summed E-state index contributed by atoms with van der Waals surface area (Å²) in [5, 5.41) is 3.71. The zero-order valence-electron chi connectivity index (χ0n) is 9.22. The third-order valence-electron chi connectivity index (χ3n) is 2.16. The van der Waals surface area contributed by atoms with Crippen LogP contribution in [0.25, 0.3) is 0 Å². The molecule has 0 aliphatic rings. The molecule has 0 saturated carbocycles. The molecule has 1 heterocycles. The predicted octanol–water partition coefficient (Wildman–Crippen LogP) is 2.08. The van der Waals surface area contributed by atoms with E-state index in [9.17, 15) is 8.60 Å². The van der Waals surface area contributed by atoms with Gasteiger partial charge in [-0.05, 0) is 24.3 Å². The Labute approximate surface area is 100 Å². The molecule has 0 aliphatic carbocycles. The quantitative estimate of drug-likeness (QED) is 0.838. The van der Waals surface area contributed by atoms with Crippen LogP contribution in [-0.4, -0.2) is 14.3 Å². The largest absolute Gasteiger partial charge is 0.338 e. The molecule has 0 N–H and O–H groups in total. The summed E-state index contributed by atoms with van der Waals surface area (Å²) in [6.45, 7) is 1.91. The molecular weight excluding hydrogens is 243 g/mol. The summed E-state index contributed by atoms with van der Waals surface area (Å²) in [6.07, 6.45) is 0.673. The Bertz CT molecular complexity index is 525. The number of halogens is 1. The average Bonchev–Trinajstić information content (AvgIpc) is 2.77. The van der Waals surface area contributed by atoms with Crippen LogP contribution in [-0.2, 0) is 23.0 Å². The summed E-state index contributed by atoms with van der Waals surface area (Å²) in [4.78, 5) is 4.61. The van der Waals surface area contributed by atoms with Crippen LogP contribution in [0, 0.1) is 5.82 Å². The fourth-order valence-electron chi connectivity index (χ4n) is 1.27. The van der Waals surface area contributed by atoms with Crippen molar-refractivity contribution in [3.63, 3.8) is 0 Å². The van der Waals surface area contributed by atoms with Crippen molar-refractivity contribution in [2.75, 3.05) is 0 Å². The van der Waals surface area contributed by atoms with Crippen molar-refractivity contribution in [2.45, 2.75) is 24.0 Å². The van der Waals surface area contributed by atoms with E-state index < -0.39 is 10.8 Å². The number of benzene rings is 1. The second-order valence-electron chi connectivity index (χ2n) is 3.40. The van der Waals surface area contributed by atoms with Crippen LogP contribution in [0.15, 0.2) is 33.7 Å². The van der Waals surface area contributed by atoms with E-state index in [4.69, 9.17) is 4.52 Å². The molecule has 17 heavy (non-hydrogen) atoms. The van der Waals surface area contributed by atoms with Crippen molar-refractivity contribution in [1.29, 1.82) is 0 Å². The van der Waals surface area contributed by atoms with Gasteiger partial charge < -0.3 is 4.52 Å². The van der Waals surface area contributed by atoms with Crippen molar-refractivity contribution < 1.29 is 13.1 Å². The SMILES string of the molecule is CCc1noc(CS(=O)c2ccc(F)cc2)n1. The van der Waals surface area contributed by atoms with Gasteiger partial charge in [-0.25, -0.2) is 4.39 Å². The van der Waals surface area contributed by atoms with E-state index in [0.29, 0.717) is 23.0 Å². The summed E-state index contributed by atoms with van der Waals surface area (Å²) in [5.41, 5.74) is 0. The second kappa shape index (κ2) is 5.18. The van der Waals surface area contributed by atoms with E-state index in [1.165, 1.54) is 24.3 Å². The summed E-state index contributed by atoms with van der Waals surface area (Å²) >= 11 is 0. The van der Waals surface area contributed by atoms with Crippen molar-refractivity contribution in [2.24, 2.45) is 0 Å². The molecule has 0 amide bonds. The van der Waals surface area contributed by atoms with E-state index in [1.807, 2.05) is 6.92 Å². The molecule has 0 fully saturated rings. The van der Waals surface area contributed by atoms with Gasteiger partial charge in [-0.1, -0.05) is 12.1 Å². The van der Waals surface area contributed by atoms with E-state index in [1.54, 1.807) is 0 Å². The van der Waals surface area contributed by atoms with Gasteiger partial charge in [0.2, 0.25) is 5.89 Å². The maximum Gasteiger partial charge on any atom is 0.239 e. The second-order valence-corrected chi connectivity index (χ2v) is 4.85.